The highest BCUT2D eigenvalue weighted by atomic mass is 31.2. The van der Waals surface area contributed by atoms with Crippen molar-refractivity contribution in [2.24, 2.45) is 0 Å². The number of rotatable bonds is 15. The number of carbonyl (C=O) groups is 8. The molecule has 0 spiro atoms. The van der Waals surface area contributed by atoms with Gasteiger partial charge in [-0.25, -0.2) is 29.0 Å². The Morgan fingerprint density at radius 1 is 0.478 bits per heavy atom. The molecule has 19 heteroatoms. The van der Waals surface area contributed by atoms with Crippen LogP contribution in [0.4, 0.5) is 11.4 Å². The number of imide groups is 2. The van der Waals surface area contributed by atoms with Crippen molar-refractivity contribution in [2.75, 3.05) is 36.2 Å². The zero-order valence-electron chi connectivity index (χ0n) is 34.7. The van der Waals surface area contributed by atoms with Gasteiger partial charge < -0.3 is 38.5 Å². The Balaban J connectivity index is 0.885. The third-order valence-corrected chi connectivity index (χ3v) is 13.5. The third-order valence-electron chi connectivity index (χ3n) is 10.4. The van der Waals surface area contributed by atoms with E-state index in [0.29, 0.717) is 5.30 Å². The smallest absolute Gasteiger partial charge is 0.338 e. The minimum Gasteiger partial charge on any atom is -0.459 e. The van der Waals surface area contributed by atoms with E-state index in [-0.39, 0.29) is 55.7 Å². The van der Waals surface area contributed by atoms with Crippen LogP contribution in [-0.4, -0.2) is 96.4 Å². The van der Waals surface area contributed by atoms with Crippen LogP contribution in [0.25, 0.3) is 0 Å². The standard InChI is InChI=1S/C48H35N2O16P/c51-34(24-62-45(57)28-6-12-32(13-7-28)49-41(53)18-19-42(49)54)26-64-47(59)30-10-16-37-39(22-30)67(61,36-4-2-1-3-5-36)40-23-31(11-17-38(40)66-37)48(60)65-27-35(52)25-63-46(58)29-8-14-33(15-9-29)50-43(55)20-21-44(50)56/h1-23,34-35,51-52H,24-27H2. The van der Waals surface area contributed by atoms with Crippen LogP contribution in [0, 0.1) is 0 Å². The van der Waals surface area contributed by atoms with E-state index in [4.69, 9.17) is 23.7 Å². The largest absolute Gasteiger partial charge is 0.459 e. The molecule has 5 aromatic rings. The highest BCUT2D eigenvalue weighted by Crippen LogP contribution is 2.52. The van der Waals surface area contributed by atoms with Crippen molar-refractivity contribution in [2.45, 2.75) is 12.2 Å². The zero-order chi connectivity index (χ0) is 47.4. The van der Waals surface area contributed by atoms with Crippen molar-refractivity contribution >= 4 is 81.9 Å². The normalized spacial score (nSPS) is 16.7. The van der Waals surface area contributed by atoms with Crippen molar-refractivity contribution in [3.63, 3.8) is 0 Å². The fourth-order valence-corrected chi connectivity index (χ4v) is 9.95. The molecule has 0 aromatic heterocycles. The SMILES string of the molecule is O=C(OCC(O)COC(=O)c1ccc2c(c1)P(=O)(c1ccccc1)c1cc(C(=O)OCC(O)COC(=O)c3ccc(N4C(=O)C=CC4=O)cc3)ccc1O2)c1ccc(N2C(=O)C=CC2=O)cc1. The summed E-state index contributed by atoms with van der Waals surface area (Å²) in [4.78, 5) is 101. The highest BCUT2D eigenvalue weighted by molar-refractivity contribution is 7.85. The summed E-state index contributed by atoms with van der Waals surface area (Å²) in [7, 11) is -3.92. The second-order valence-electron chi connectivity index (χ2n) is 14.9. The van der Waals surface area contributed by atoms with Crippen molar-refractivity contribution in [1.82, 2.24) is 0 Å². The minimum absolute atomic E-state index is 0.0636. The average molecular weight is 927 g/mol. The van der Waals surface area contributed by atoms with Gasteiger partial charge in [0.2, 0.25) is 0 Å². The fraction of sp³-hybridized carbons (Fsp3) is 0.125. The Kier molecular flexibility index (Phi) is 12.9. The summed E-state index contributed by atoms with van der Waals surface area (Å²) >= 11 is 0. The number of anilines is 2. The van der Waals surface area contributed by atoms with Crippen LogP contribution in [0.15, 0.2) is 140 Å². The van der Waals surface area contributed by atoms with Crippen LogP contribution in [0.2, 0.25) is 0 Å². The van der Waals surface area contributed by atoms with E-state index < -0.39 is 93.3 Å². The molecule has 2 atom stereocenters. The predicted molar refractivity (Wildman–Crippen MR) is 235 cm³/mol. The predicted octanol–water partition coefficient (Wildman–Crippen LogP) is 3.04. The number of benzene rings is 5. The highest BCUT2D eigenvalue weighted by Gasteiger charge is 2.40. The fourth-order valence-electron chi connectivity index (χ4n) is 7.04. The number of fused-ring (bicyclic) bond motifs is 2. The summed E-state index contributed by atoms with van der Waals surface area (Å²) < 4.78 is 42.5. The second kappa shape index (κ2) is 19.0. The zero-order valence-corrected chi connectivity index (χ0v) is 35.6. The van der Waals surface area contributed by atoms with E-state index in [0.717, 1.165) is 34.1 Å². The van der Waals surface area contributed by atoms with Gasteiger partial charge in [0, 0.05) is 29.6 Å². The van der Waals surface area contributed by atoms with Gasteiger partial charge in [-0.05, 0) is 84.9 Å². The maximum absolute atomic E-state index is 15.5. The summed E-state index contributed by atoms with van der Waals surface area (Å²) in [5.74, 6) is -5.28. The van der Waals surface area contributed by atoms with Gasteiger partial charge >= 0.3 is 23.9 Å². The number of aliphatic hydroxyl groups is 2. The van der Waals surface area contributed by atoms with Gasteiger partial charge in [0.25, 0.3) is 23.6 Å². The molecule has 0 aliphatic carbocycles. The summed E-state index contributed by atoms with van der Waals surface area (Å²) in [6.07, 6.45) is 1.61. The van der Waals surface area contributed by atoms with E-state index >= 15 is 4.57 Å². The molecule has 3 heterocycles. The lowest BCUT2D eigenvalue weighted by atomic mass is 10.2. The number of esters is 4. The van der Waals surface area contributed by atoms with Crippen LogP contribution in [0.5, 0.6) is 11.5 Å². The van der Waals surface area contributed by atoms with E-state index in [1.807, 2.05) is 0 Å². The maximum Gasteiger partial charge on any atom is 0.338 e. The second-order valence-corrected chi connectivity index (χ2v) is 17.6. The summed E-state index contributed by atoms with van der Waals surface area (Å²) in [6, 6.07) is 27.5. The topological polar surface area (TPSA) is 247 Å². The lowest BCUT2D eigenvalue weighted by molar-refractivity contribution is -0.121. The quantitative estimate of drug-likeness (QED) is 0.0650. The summed E-state index contributed by atoms with van der Waals surface area (Å²) in [6.45, 7) is -2.29. The number of hydrogen-bond acceptors (Lipinski definition) is 16. The molecule has 0 saturated carbocycles. The molecule has 0 bridgehead atoms. The Morgan fingerprint density at radius 3 is 1.16 bits per heavy atom. The first kappa shape index (κ1) is 45.3. The van der Waals surface area contributed by atoms with Crippen LogP contribution >= 0.6 is 7.14 Å². The lowest BCUT2D eigenvalue weighted by Gasteiger charge is -2.29. The summed E-state index contributed by atoms with van der Waals surface area (Å²) in [5, 5.41) is 21.5. The molecule has 338 valence electrons. The van der Waals surface area contributed by atoms with Crippen LogP contribution in [0.3, 0.4) is 0 Å². The molecular weight excluding hydrogens is 891 g/mol. The van der Waals surface area contributed by atoms with Crippen LogP contribution < -0.4 is 30.5 Å². The van der Waals surface area contributed by atoms with Gasteiger partial charge in [-0.1, -0.05) is 30.3 Å². The van der Waals surface area contributed by atoms with Crippen LogP contribution in [0.1, 0.15) is 41.4 Å². The van der Waals surface area contributed by atoms with Gasteiger partial charge in [0.1, 0.15) is 50.1 Å². The van der Waals surface area contributed by atoms with Gasteiger partial charge in [-0.3, -0.25) is 19.2 Å². The molecule has 18 nitrogen and oxygen atoms in total. The Morgan fingerprint density at radius 2 is 0.806 bits per heavy atom. The van der Waals surface area contributed by atoms with Gasteiger partial charge in [0.15, 0.2) is 7.14 Å². The lowest BCUT2D eigenvalue weighted by Crippen LogP contribution is -2.32. The van der Waals surface area contributed by atoms with Crippen molar-refractivity contribution in [1.29, 1.82) is 0 Å². The van der Waals surface area contributed by atoms with Gasteiger partial charge in [-0.2, -0.15) is 0 Å². The first-order valence-corrected chi connectivity index (χ1v) is 21.9. The van der Waals surface area contributed by atoms with E-state index in [1.165, 1.54) is 84.9 Å². The Hall–Kier alpha value is -8.31. The molecule has 2 N–H and O–H groups in total. The molecule has 67 heavy (non-hydrogen) atoms. The van der Waals surface area contributed by atoms with E-state index in [2.05, 4.69) is 0 Å². The number of amides is 4. The van der Waals surface area contributed by atoms with Crippen molar-refractivity contribution in [3.8, 4) is 11.5 Å². The average Bonchev–Trinajstić information content (AvgIpc) is 3.87. The number of nitrogens with zero attached hydrogens (tertiary/aromatic N) is 2. The molecule has 0 saturated heterocycles. The molecule has 3 aliphatic rings. The Bertz CT molecular complexity index is 2750. The first-order valence-electron chi connectivity index (χ1n) is 20.2. The van der Waals surface area contributed by atoms with E-state index in [1.54, 1.807) is 30.3 Å². The molecular formula is C48H35N2O16P. The third kappa shape index (κ3) is 9.44. The first-order chi connectivity index (χ1) is 32.2. The monoisotopic (exact) mass is 926 g/mol. The minimum atomic E-state index is -3.92. The summed E-state index contributed by atoms with van der Waals surface area (Å²) in [5.41, 5.74) is 0.507. The molecule has 0 radical (unpaired) electrons. The molecule has 0 fully saturated rings. The van der Waals surface area contributed by atoms with Crippen molar-refractivity contribution < 1.29 is 76.8 Å². The molecule has 3 aliphatic heterocycles. The Labute approximate surface area is 379 Å². The number of hydrogen-bond donors (Lipinski definition) is 2. The van der Waals surface area contributed by atoms with E-state index in [9.17, 15) is 48.6 Å². The van der Waals surface area contributed by atoms with Gasteiger partial charge in [0.05, 0.1) is 44.2 Å². The van der Waals surface area contributed by atoms with Crippen LogP contribution in [-0.2, 0) is 42.7 Å². The number of carbonyl (C=O) groups excluding carboxylic acids is 8. The molecule has 2 unspecified atom stereocenters. The van der Waals surface area contributed by atoms with Gasteiger partial charge in [-0.15, -0.1) is 0 Å². The molecule has 4 amide bonds. The number of aliphatic hydroxyl groups excluding tert-OH is 2. The molecule has 5 aromatic carbocycles. The molecule has 8 rings (SSSR count). The van der Waals surface area contributed by atoms with Crippen molar-refractivity contribution in [3.05, 3.63) is 162 Å². The maximum atomic E-state index is 15.5. The number of ether oxygens (including phenoxy) is 5.